The highest BCUT2D eigenvalue weighted by Gasteiger charge is 2.44. The van der Waals surface area contributed by atoms with Gasteiger partial charge in [0.2, 0.25) is 17.7 Å². The first-order chi connectivity index (χ1) is 14.2. The number of likely N-dealkylation sites (N-methyl/N-ethyl adjacent to an activating group) is 1. The standard InChI is InChI=1S/C20H34N6O4/c1-12(27)24-7-5-14(6-8-24)18(26(22)11-16(21)13-3-4-13)20(30)25-10-15(28)9-17(25)19(29)23-2/h11,13-15,17-18,28H,3-10,21-22H2,1-2H3,(H,23,29)/b16-11-. The minimum absolute atomic E-state index is 0.0150. The van der Waals surface area contributed by atoms with Crippen molar-refractivity contribution in [1.82, 2.24) is 20.1 Å². The molecule has 168 valence electrons. The molecule has 10 heteroatoms. The maximum atomic E-state index is 13.6. The van der Waals surface area contributed by atoms with Crippen molar-refractivity contribution in [1.29, 1.82) is 0 Å². The highest BCUT2D eigenvalue weighted by Crippen LogP contribution is 2.34. The van der Waals surface area contributed by atoms with Crippen LogP contribution in [-0.4, -0.2) is 82.5 Å². The summed E-state index contributed by atoms with van der Waals surface area (Å²) in [6.07, 6.45) is 4.37. The van der Waals surface area contributed by atoms with Crippen LogP contribution in [0.3, 0.4) is 0 Å². The van der Waals surface area contributed by atoms with Gasteiger partial charge < -0.3 is 31.0 Å². The van der Waals surface area contributed by atoms with E-state index in [1.54, 1.807) is 11.1 Å². The minimum Gasteiger partial charge on any atom is -0.401 e. The number of rotatable bonds is 6. The van der Waals surface area contributed by atoms with E-state index in [4.69, 9.17) is 11.6 Å². The van der Waals surface area contributed by atoms with Crippen LogP contribution in [0.15, 0.2) is 11.9 Å². The molecule has 3 rings (SSSR count). The van der Waals surface area contributed by atoms with Crippen LogP contribution < -0.4 is 16.9 Å². The predicted molar refractivity (Wildman–Crippen MR) is 110 cm³/mol. The third kappa shape index (κ3) is 4.86. The molecule has 3 atom stereocenters. The van der Waals surface area contributed by atoms with Gasteiger partial charge in [0.25, 0.3) is 0 Å². The maximum absolute atomic E-state index is 13.6. The first-order valence-corrected chi connectivity index (χ1v) is 10.7. The lowest BCUT2D eigenvalue weighted by molar-refractivity contribution is -0.144. The van der Waals surface area contributed by atoms with Crippen molar-refractivity contribution in [3.8, 4) is 0 Å². The Balaban J connectivity index is 1.82. The Morgan fingerprint density at radius 1 is 1.20 bits per heavy atom. The molecule has 3 unspecified atom stereocenters. The van der Waals surface area contributed by atoms with Crippen LogP contribution in [0.2, 0.25) is 0 Å². The molecule has 1 saturated carbocycles. The van der Waals surface area contributed by atoms with E-state index in [1.807, 2.05) is 0 Å². The summed E-state index contributed by atoms with van der Waals surface area (Å²) in [5.74, 6) is 5.99. The van der Waals surface area contributed by atoms with Crippen molar-refractivity contribution in [2.45, 2.75) is 57.2 Å². The van der Waals surface area contributed by atoms with Gasteiger partial charge in [0, 0.05) is 57.8 Å². The monoisotopic (exact) mass is 422 g/mol. The Labute approximate surface area is 177 Å². The molecule has 2 heterocycles. The molecule has 6 N–H and O–H groups in total. The lowest BCUT2D eigenvalue weighted by Gasteiger charge is -2.40. The van der Waals surface area contributed by atoms with Crippen LogP contribution in [-0.2, 0) is 14.4 Å². The Morgan fingerprint density at radius 3 is 2.37 bits per heavy atom. The molecule has 2 aliphatic heterocycles. The van der Waals surface area contributed by atoms with Gasteiger partial charge in [-0.15, -0.1) is 0 Å². The fourth-order valence-corrected chi connectivity index (χ4v) is 4.52. The summed E-state index contributed by atoms with van der Waals surface area (Å²) < 4.78 is 0. The fraction of sp³-hybridized carbons (Fsp3) is 0.750. The van der Waals surface area contributed by atoms with Crippen molar-refractivity contribution in [2.75, 3.05) is 26.7 Å². The number of hydrogen-bond acceptors (Lipinski definition) is 7. The molecule has 3 amide bonds. The number of hydrazine groups is 1. The van der Waals surface area contributed by atoms with E-state index in [-0.39, 0.29) is 36.6 Å². The van der Waals surface area contributed by atoms with Gasteiger partial charge in [0.05, 0.1) is 6.10 Å². The van der Waals surface area contributed by atoms with E-state index >= 15 is 0 Å². The average molecular weight is 423 g/mol. The van der Waals surface area contributed by atoms with Gasteiger partial charge in [-0.2, -0.15) is 0 Å². The number of hydrogen-bond donors (Lipinski definition) is 4. The van der Waals surface area contributed by atoms with Gasteiger partial charge in [-0.25, -0.2) is 5.84 Å². The SMILES string of the molecule is CNC(=O)C1CC(O)CN1C(=O)C(C1CCN(C(C)=O)CC1)N(N)/C=C(\N)C1CC1. The second kappa shape index (κ2) is 9.22. The molecular formula is C20H34N6O4. The number of likely N-dealkylation sites (tertiary alicyclic amines) is 2. The number of nitrogens with zero attached hydrogens (tertiary/aromatic N) is 3. The molecule has 3 fully saturated rings. The van der Waals surface area contributed by atoms with Gasteiger partial charge in [-0.1, -0.05) is 0 Å². The molecule has 0 radical (unpaired) electrons. The van der Waals surface area contributed by atoms with E-state index in [9.17, 15) is 19.5 Å². The lowest BCUT2D eigenvalue weighted by Crippen LogP contribution is -2.58. The topological polar surface area (TPSA) is 145 Å². The first kappa shape index (κ1) is 22.4. The zero-order valence-corrected chi connectivity index (χ0v) is 17.8. The Hall–Kier alpha value is -2.33. The Kier molecular flexibility index (Phi) is 6.87. The molecule has 2 saturated heterocycles. The van der Waals surface area contributed by atoms with Gasteiger partial charge in [-0.3, -0.25) is 14.4 Å². The second-order valence-electron chi connectivity index (χ2n) is 8.65. The van der Waals surface area contributed by atoms with Crippen LogP contribution in [0.4, 0.5) is 0 Å². The number of allylic oxidation sites excluding steroid dienone is 1. The highest BCUT2D eigenvalue weighted by molar-refractivity contribution is 5.90. The summed E-state index contributed by atoms with van der Waals surface area (Å²) in [4.78, 5) is 40.8. The third-order valence-electron chi connectivity index (χ3n) is 6.46. The first-order valence-electron chi connectivity index (χ1n) is 10.7. The van der Waals surface area contributed by atoms with Crippen LogP contribution in [0.5, 0.6) is 0 Å². The van der Waals surface area contributed by atoms with Crippen molar-refractivity contribution in [3.05, 3.63) is 11.9 Å². The van der Waals surface area contributed by atoms with Gasteiger partial charge >= 0.3 is 0 Å². The number of amides is 3. The molecular weight excluding hydrogens is 388 g/mol. The summed E-state index contributed by atoms with van der Waals surface area (Å²) in [5, 5.41) is 14.1. The average Bonchev–Trinajstić information content (AvgIpc) is 3.49. The molecule has 10 nitrogen and oxygen atoms in total. The highest BCUT2D eigenvalue weighted by atomic mass is 16.3. The number of nitrogens with two attached hydrogens (primary N) is 2. The van der Waals surface area contributed by atoms with Gasteiger partial charge in [0.1, 0.15) is 12.1 Å². The molecule has 30 heavy (non-hydrogen) atoms. The molecule has 0 aromatic carbocycles. The normalized spacial score (nSPS) is 26.5. The Morgan fingerprint density at radius 2 is 1.83 bits per heavy atom. The predicted octanol–water partition coefficient (Wildman–Crippen LogP) is -1.29. The number of piperidine rings is 1. The summed E-state index contributed by atoms with van der Waals surface area (Å²) in [6.45, 7) is 2.74. The Bertz CT molecular complexity index is 701. The number of nitrogens with one attached hydrogen (secondary N) is 1. The van der Waals surface area contributed by atoms with E-state index in [0.29, 0.717) is 37.5 Å². The molecule has 0 spiro atoms. The van der Waals surface area contributed by atoms with Crippen molar-refractivity contribution >= 4 is 17.7 Å². The zero-order valence-electron chi connectivity index (χ0n) is 17.8. The minimum atomic E-state index is -0.755. The molecule has 3 aliphatic rings. The van der Waals surface area contributed by atoms with E-state index in [0.717, 1.165) is 12.8 Å². The summed E-state index contributed by atoms with van der Waals surface area (Å²) in [7, 11) is 1.51. The van der Waals surface area contributed by atoms with E-state index in [2.05, 4.69) is 5.32 Å². The van der Waals surface area contributed by atoms with Crippen molar-refractivity contribution in [3.63, 3.8) is 0 Å². The number of aliphatic hydroxyl groups excluding tert-OH is 1. The molecule has 0 aromatic heterocycles. The molecule has 0 bridgehead atoms. The number of carbonyl (C=O) groups excluding carboxylic acids is 3. The smallest absolute Gasteiger partial charge is 0.247 e. The third-order valence-corrected chi connectivity index (χ3v) is 6.46. The zero-order chi connectivity index (χ0) is 22.0. The number of aliphatic hydroxyl groups is 1. The largest absolute Gasteiger partial charge is 0.401 e. The van der Waals surface area contributed by atoms with Gasteiger partial charge in [-0.05, 0) is 31.6 Å². The molecule has 1 aliphatic carbocycles. The van der Waals surface area contributed by atoms with Crippen LogP contribution in [0, 0.1) is 11.8 Å². The van der Waals surface area contributed by atoms with Crippen LogP contribution in [0.1, 0.15) is 39.0 Å². The van der Waals surface area contributed by atoms with Crippen molar-refractivity contribution in [2.24, 2.45) is 23.4 Å². The van der Waals surface area contributed by atoms with Gasteiger partial charge in [0.15, 0.2) is 0 Å². The lowest BCUT2D eigenvalue weighted by atomic mass is 9.87. The van der Waals surface area contributed by atoms with Crippen molar-refractivity contribution < 1.29 is 19.5 Å². The molecule has 0 aromatic rings. The fourth-order valence-electron chi connectivity index (χ4n) is 4.52. The summed E-state index contributed by atoms with van der Waals surface area (Å²) in [6, 6.07) is -1.44. The van der Waals surface area contributed by atoms with Crippen LogP contribution in [0.25, 0.3) is 0 Å². The summed E-state index contributed by atoms with van der Waals surface area (Å²) >= 11 is 0. The quantitative estimate of drug-likeness (QED) is 0.308. The maximum Gasteiger partial charge on any atom is 0.247 e. The second-order valence-corrected chi connectivity index (χ2v) is 8.65. The number of carbonyl (C=O) groups is 3. The number of β-amino-alcohol motifs (C(OH)–C–C–N with tert-alkyl or cyclic N) is 1. The van der Waals surface area contributed by atoms with Crippen LogP contribution >= 0.6 is 0 Å². The van der Waals surface area contributed by atoms with E-state index in [1.165, 1.54) is 23.9 Å². The van der Waals surface area contributed by atoms with E-state index < -0.39 is 18.2 Å². The summed E-state index contributed by atoms with van der Waals surface area (Å²) in [5.41, 5.74) is 6.79.